The van der Waals surface area contributed by atoms with Gasteiger partial charge in [-0.2, -0.15) is 0 Å². The lowest BCUT2D eigenvalue weighted by Crippen LogP contribution is -2.35. The number of carbonyl (C=O) groups is 2. The van der Waals surface area contributed by atoms with E-state index < -0.39 is 5.97 Å². The van der Waals surface area contributed by atoms with Crippen molar-refractivity contribution >= 4 is 29.2 Å². The van der Waals surface area contributed by atoms with Gasteiger partial charge in [0.05, 0.1) is 35.5 Å². The Labute approximate surface area is 127 Å². The minimum absolute atomic E-state index is 0.0256. The van der Waals surface area contributed by atoms with Crippen molar-refractivity contribution < 1.29 is 19.1 Å². The molecular formula is C14H17ClN2O4. The minimum atomic E-state index is -0.486. The molecule has 0 bridgehead atoms. The van der Waals surface area contributed by atoms with Crippen LogP contribution in [0, 0.1) is 0 Å². The van der Waals surface area contributed by atoms with Crippen molar-refractivity contribution in [3.8, 4) is 0 Å². The van der Waals surface area contributed by atoms with E-state index in [0.29, 0.717) is 29.2 Å². The highest BCUT2D eigenvalue weighted by molar-refractivity contribution is 6.34. The summed E-state index contributed by atoms with van der Waals surface area (Å²) in [6.07, 6.45) is 0.619. The van der Waals surface area contributed by atoms with Crippen LogP contribution in [0.15, 0.2) is 18.2 Å². The van der Waals surface area contributed by atoms with E-state index in [2.05, 4.69) is 15.4 Å². The fourth-order valence-corrected chi connectivity index (χ4v) is 2.33. The van der Waals surface area contributed by atoms with Gasteiger partial charge in [-0.15, -0.1) is 0 Å². The molecule has 0 saturated carbocycles. The highest BCUT2D eigenvalue weighted by atomic mass is 35.5. The average Bonchev–Trinajstić information content (AvgIpc) is 2.97. The zero-order valence-corrected chi connectivity index (χ0v) is 12.6. The summed E-state index contributed by atoms with van der Waals surface area (Å²) in [4.78, 5) is 23.7. The first-order valence-corrected chi connectivity index (χ1v) is 6.88. The first-order chi connectivity index (χ1) is 10.0. The molecule has 1 fully saturated rings. The van der Waals surface area contributed by atoms with E-state index in [1.165, 1.54) is 13.2 Å². The normalized spacial score (nSPS) is 21.1. The Bertz CT molecular complexity index is 550. The molecule has 2 atom stereocenters. The summed E-state index contributed by atoms with van der Waals surface area (Å²) in [5.41, 5.74) is 0.707. The lowest BCUT2D eigenvalue weighted by atomic mass is 10.1. The zero-order valence-electron chi connectivity index (χ0n) is 11.8. The number of ether oxygens (including phenoxy) is 2. The number of esters is 1. The van der Waals surface area contributed by atoms with Crippen LogP contribution in [0.3, 0.4) is 0 Å². The number of hydrogen-bond donors (Lipinski definition) is 2. The average molecular weight is 313 g/mol. The molecule has 2 unspecified atom stereocenters. The van der Waals surface area contributed by atoms with Gasteiger partial charge in [-0.1, -0.05) is 11.6 Å². The van der Waals surface area contributed by atoms with Gasteiger partial charge in [0, 0.05) is 13.7 Å². The standard InChI is InChI=1S/C14H17ClN2O4/c1-20-9-6-12(16-7-9)13(18)17-11-5-8(14(19)21-2)3-4-10(11)15/h3-5,9,12,16H,6-7H2,1-2H3,(H,17,18). The van der Waals surface area contributed by atoms with Gasteiger partial charge in [0.1, 0.15) is 0 Å². The molecule has 6 nitrogen and oxygen atoms in total. The number of amides is 1. The molecule has 0 spiro atoms. The van der Waals surface area contributed by atoms with Crippen LogP contribution >= 0.6 is 11.6 Å². The smallest absolute Gasteiger partial charge is 0.337 e. The van der Waals surface area contributed by atoms with Gasteiger partial charge in [0.2, 0.25) is 5.91 Å². The number of hydrogen-bond acceptors (Lipinski definition) is 5. The van der Waals surface area contributed by atoms with E-state index in [-0.39, 0.29) is 18.1 Å². The third-order valence-corrected chi connectivity index (χ3v) is 3.72. The maximum absolute atomic E-state index is 12.2. The van der Waals surface area contributed by atoms with Gasteiger partial charge in [-0.25, -0.2) is 4.79 Å². The molecule has 1 aliphatic rings. The summed E-state index contributed by atoms with van der Waals surface area (Å²) in [7, 11) is 2.91. The largest absolute Gasteiger partial charge is 0.465 e. The second-order valence-electron chi connectivity index (χ2n) is 4.73. The number of methoxy groups -OCH3 is 2. The Morgan fingerprint density at radius 1 is 1.38 bits per heavy atom. The molecule has 1 aliphatic heterocycles. The number of nitrogens with one attached hydrogen (secondary N) is 2. The van der Waals surface area contributed by atoms with Gasteiger partial charge in [0.15, 0.2) is 0 Å². The van der Waals surface area contributed by atoms with Gasteiger partial charge in [-0.05, 0) is 24.6 Å². The third kappa shape index (κ3) is 3.72. The SMILES string of the molecule is COC(=O)c1ccc(Cl)c(NC(=O)C2CC(OC)CN2)c1. The number of rotatable bonds is 4. The predicted octanol–water partition coefficient (Wildman–Crippen LogP) is 1.44. The molecule has 114 valence electrons. The van der Waals surface area contributed by atoms with Crippen LogP contribution in [-0.4, -0.2) is 44.8 Å². The summed E-state index contributed by atoms with van der Waals surface area (Å²) in [6.45, 7) is 0.629. The van der Waals surface area contributed by atoms with Crippen molar-refractivity contribution in [3.05, 3.63) is 28.8 Å². The first kappa shape index (κ1) is 15.8. The van der Waals surface area contributed by atoms with Crippen LogP contribution < -0.4 is 10.6 Å². The predicted molar refractivity (Wildman–Crippen MR) is 78.6 cm³/mol. The summed E-state index contributed by atoms with van der Waals surface area (Å²) in [6, 6.07) is 4.24. The van der Waals surface area contributed by atoms with Crippen LogP contribution in [0.5, 0.6) is 0 Å². The van der Waals surface area contributed by atoms with Crippen molar-refractivity contribution in [1.82, 2.24) is 5.32 Å². The maximum Gasteiger partial charge on any atom is 0.337 e. The van der Waals surface area contributed by atoms with E-state index in [4.69, 9.17) is 16.3 Å². The van der Waals surface area contributed by atoms with E-state index in [1.54, 1.807) is 19.2 Å². The molecular weight excluding hydrogens is 296 g/mol. The Morgan fingerprint density at radius 2 is 2.14 bits per heavy atom. The molecule has 1 aromatic carbocycles. The van der Waals surface area contributed by atoms with E-state index in [9.17, 15) is 9.59 Å². The van der Waals surface area contributed by atoms with Crippen LogP contribution in [0.25, 0.3) is 0 Å². The molecule has 1 aromatic rings. The summed E-state index contributed by atoms with van der Waals surface area (Å²) >= 11 is 6.04. The zero-order chi connectivity index (χ0) is 15.4. The van der Waals surface area contributed by atoms with Crippen molar-refractivity contribution in [2.45, 2.75) is 18.6 Å². The van der Waals surface area contributed by atoms with Crippen LogP contribution in [0.1, 0.15) is 16.8 Å². The van der Waals surface area contributed by atoms with Crippen molar-refractivity contribution in [1.29, 1.82) is 0 Å². The van der Waals surface area contributed by atoms with Gasteiger partial charge >= 0.3 is 5.97 Å². The molecule has 0 aromatic heterocycles. The van der Waals surface area contributed by atoms with Crippen molar-refractivity contribution in [2.24, 2.45) is 0 Å². The second-order valence-corrected chi connectivity index (χ2v) is 5.14. The van der Waals surface area contributed by atoms with Crippen LogP contribution in [0.2, 0.25) is 5.02 Å². The Morgan fingerprint density at radius 3 is 2.76 bits per heavy atom. The van der Waals surface area contributed by atoms with Crippen molar-refractivity contribution in [2.75, 3.05) is 26.1 Å². The van der Waals surface area contributed by atoms with Crippen LogP contribution in [-0.2, 0) is 14.3 Å². The van der Waals surface area contributed by atoms with Crippen molar-refractivity contribution in [3.63, 3.8) is 0 Å². The highest BCUT2D eigenvalue weighted by Gasteiger charge is 2.29. The Kier molecular flexibility index (Phi) is 5.17. The number of anilines is 1. The van der Waals surface area contributed by atoms with Gasteiger partial charge in [0.25, 0.3) is 0 Å². The Balaban J connectivity index is 2.08. The monoisotopic (exact) mass is 312 g/mol. The molecule has 0 radical (unpaired) electrons. The molecule has 2 rings (SSSR count). The third-order valence-electron chi connectivity index (χ3n) is 3.39. The molecule has 1 saturated heterocycles. The molecule has 1 heterocycles. The minimum Gasteiger partial charge on any atom is -0.465 e. The van der Waals surface area contributed by atoms with Gasteiger partial charge in [-0.3, -0.25) is 4.79 Å². The van der Waals surface area contributed by atoms with E-state index >= 15 is 0 Å². The van der Waals surface area contributed by atoms with E-state index in [0.717, 1.165) is 0 Å². The fraction of sp³-hybridized carbons (Fsp3) is 0.429. The number of carbonyl (C=O) groups excluding carboxylic acids is 2. The van der Waals surface area contributed by atoms with Gasteiger partial charge < -0.3 is 20.1 Å². The number of benzene rings is 1. The summed E-state index contributed by atoms with van der Waals surface area (Å²) in [5.74, 6) is -0.695. The van der Waals surface area contributed by atoms with E-state index in [1.807, 2.05) is 0 Å². The fourth-order valence-electron chi connectivity index (χ4n) is 2.17. The van der Waals surface area contributed by atoms with Crippen LogP contribution in [0.4, 0.5) is 5.69 Å². The molecule has 21 heavy (non-hydrogen) atoms. The quantitative estimate of drug-likeness (QED) is 0.823. The highest BCUT2D eigenvalue weighted by Crippen LogP contribution is 2.24. The summed E-state index contributed by atoms with van der Waals surface area (Å²) in [5, 5.41) is 6.15. The number of halogens is 1. The second kappa shape index (κ2) is 6.89. The Hall–Kier alpha value is -1.63. The lowest BCUT2D eigenvalue weighted by molar-refractivity contribution is -0.118. The molecule has 1 amide bonds. The molecule has 7 heteroatoms. The first-order valence-electron chi connectivity index (χ1n) is 6.50. The maximum atomic E-state index is 12.2. The lowest BCUT2D eigenvalue weighted by Gasteiger charge is -2.13. The topological polar surface area (TPSA) is 76.7 Å². The molecule has 2 N–H and O–H groups in total. The summed E-state index contributed by atoms with van der Waals surface area (Å²) < 4.78 is 9.84. The molecule has 0 aliphatic carbocycles.